The molecular weight excluding hydrogens is 986 g/mol. The molecule has 5 heteroatoms. The summed E-state index contributed by atoms with van der Waals surface area (Å²) in [5.74, 6) is 0.375. The summed E-state index contributed by atoms with van der Waals surface area (Å²) in [4.78, 5) is 10.6. The van der Waals surface area contributed by atoms with Crippen molar-refractivity contribution in [2.45, 2.75) is 85.5 Å². The normalized spacial score (nSPS) is 12.1. The van der Waals surface area contributed by atoms with E-state index in [4.69, 9.17) is 11.3 Å². The zero-order chi connectivity index (χ0) is 46.5. The molecule has 0 bridgehead atoms. The summed E-state index contributed by atoms with van der Waals surface area (Å²) < 4.78 is 11.3. The maximum atomic E-state index is 12.3. The Morgan fingerprint density at radius 3 is 1.83 bits per heavy atom. The molecule has 2 aromatic heterocycles. The molecule has 9 rings (SSSR count). The smallest absolute Gasteiger partial charge is 0.148 e. The topological polar surface area (TPSA) is 50.9 Å². The van der Waals surface area contributed by atoms with E-state index in [2.05, 4.69) is 205 Å². The third-order valence-corrected chi connectivity index (χ3v) is 12.7. The Labute approximate surface area is 407 Å². The van der Waals surface area contributed by atoms with Crippen LogP contribution in [0.3, 0.4) is 0 Å². The van der Waals surface area contributed by atoms with Gasteiger partial charge in [0.05, 0.1) is 22.3 Å². The Balaban J connectivity index is 0.00000608. The van der Waals surface area contributed by atoms with Gasteiger partial charge in [0.2, 0.25) is 0 Å². The molecule has 9 aromatic rings. The van der Waals surface area contributed by atoms with Crippen molar-refractivity contribution in [3.8, 4) is 78.6 Å². The number of para-hydroxylation sites is 1. The van der Waals surface area contributed by atoms with Gasteiger partial charge in [0, 0.05) is 39.9 Å². The number of nitrogens with zero attached hydrogens (tertiary/aromatic N) is 3. The second-order valence-electron chi connectivity index (χ2n) is 19.2. The van der Waals surface area contributed by atoms with Crippen LogP contribution in [0, 0.1) is 6.07 Å². The molecule has 0 aliphatic rings. The average Bonchev–Trinajstić information content (AvgIpc) is 3.70. The van der Waals surface area contributed by atoms with Gasteiger partial charge in [-0.1, -0.05) is 189 Å². The maximum Gasteiger partial charge on any atom is 0.148 e. The Bertz CT molecular complexity index is 3210. The zero-order valence-electron chi connectivity index (χ0n) is 40.3. The van der Waals surface area contributed by atoms with Gasteiger partial charge in [-0.2, -0.15) is 0 Å². The molecular formula is C61H58N3OPt-. The Morgan fingerprint density at radius 2 is 1.20 bits per heavy atom. The minimum atomic E-state index is -0.821. The first-order valence-corrected chi connectivity index (χ1v) is 22.8. The van der Waals surface area contributed by atoms with Crippen LogP contribution in [0.15, 0.2) is 164 Å². The predicted octanol–water partition coefficient (Wildman–Crippen LogP) is 16.6. The molecule has 0 amide bonds. The molecule has 0 atom stereocenters. The molecule has 0 spiro atoms. The van der Waals surface area contributed by atoms with Crippen molar-refractivity contribution >= 4 is 11.0 Å². The number of fused-ring (bicyclic) bond motifs is 1. The minimum Gasteiger partial charge on any atom is -0.507 e. The molecule has 0 saturated heterocycles. The fourth-order valence-electron chi connectivity index (χ4n) is 8.79. The molecule has 66 heavy (non-hydrogen) atoms. The third-order valence-electron chi connectivity index (χ3n) is 12.7. The van der Waals surface area contributed by atoms with Crippen molar-refractivity contribution < 1.29 is 27.5 Å². The fraction of sp³-hybridized carbons (Fsp3) is 0.213. The van der Waals surface area contributed by atoms with E-state index in [0.29, 0.717) is 11.4 Å². The molecule has 0 radical (unpaired) electrons. The summed E-state index contributed by atoms with van der Waals surface area (Å²) in [6.45, 7) is 19.2. The van der Waals surface area contributed by atoms with Crippen molar-refractivity contribution in [2.24, 2.45) is 0 Å². The Kier molecular flexibility index (Phi) is 12.8. The quantitative estimate of drug-likeness (QED) is 0.139. The Morgan fingerprint density at radius 1 is 0.576 bits per heavy atom. The molecule has 334 valence electrons. The number of hydrogen-bond donors (Lipinski definition) is 1. The summed E-state index contributed by atoms with van der Waals surface area (Å²) in [6.07, 6.45) is 1.89. The van der Waals surface area contributed by atoms with Crippen LogP contribution < -0.4 is 0 Å². The second kappa shape index (κ2) is 18.9. The average molecular weight is 1050 g/mol. The van der Waals surface area contributed by atoms with Crippen molar-refractivity contribution in [3.63, 3.8) is 0 Å². The Hall–Kier alpha value is -6.35. The molecule has 1 N–H and O–H groups in total. The van der Waals surface area contributed by atoms with E-state index in [1.807, 2.05) is 32.2 Å². The summed E-state index contributed by atoms with van der Waals surface area (Å²) in [6, 6.07) is 59.0. The van der Waals surface area contributed by atoms with E-state index in [9.17, 15) is 5.11 Å². The first-order valence-electron chi connectivity index (χ1n) is 23.3. The maximum absolute atomic E-state index is 12.3. The van der Waals surface area contributed by atoms with Crippen LogP contribution in [-0.4, -0.2) is 19.6 Å². The zero-order valence-corrected chi connectivity index (χ0v) is 41.6. The number of imidazole rings is 1. The van der Waals surface area contributed by atoms with E-state index in [-0.39, 0.29) is 44.1 Å². The van der Waals surface area contributed by atoms with Crippen LogP contribution in [0.4, 0.5) is 0 Å². The number of pyridine rings is 1. The molecule has 0 fully saturated rings. The minimum absolute atomic E-state index is 0. The van der Waals surface area contributed by atoms with Crippen LogP contribution in [-0.2, 0) is 26.5 Å². The van der Waals surface area contributed by atoms with Gasteiger partial charge in [-0.05, 0) is 98.0 Å². The van der Waals surface area contributed by atoms with E-state index in [1.165, 1.54) is 11.1 Å². The number of aromatic nitrogens is 3. The number of benzene rings is 7. The van der Waals surface area contributed by atoms with Crippen LogP contribution >= 0.6 is 0 Å². The van der Waals surface area contributed by atoms with Gasteiger partial charge in [-0.25, -0.2) is 4.98 Å². The van der Waals surface area contributed by atoms with E-state index >= 15 is 0 Å². The van der Waals surface area contributed by atoms with E-state index in [0.717, 1.165) is 83.6 Å². The molecule has 0 saturated carbocycles. The van der Waals surface area contributed by atoms with E-state index < -0.39 is 5.89 Å². The molecule has 7 aromatic carbocycles. The summed E-state index contributed by atoms with van der Waals surface area (Å²) in [7, 11) is 0. The number of rotatable bonds is 10. The van der Waals surface area contributed by atoms with Gasteiger partial charge in [-0.15, -0.1) is 29.3 Å². The number of aromatic hydroxyl groups is 1. The van der Waals surface area contributed by atoms with Crippen LogP contribution in [0.1, 0.15) is 104 Å². The molecule has 0 unspecified atom stereocenters. The number of phenols is 1. The standard InChI is InChI=1S/C61H58N3O.Pt/c1-38(2)45-27-28-56(53(34-45)44-19-14-11-15-20-44)64-57-22-16-21-51(58(57)63-60(64)54-36-47(39(3)4)35-52(40(5)6)59(54)65)48-31-49(33-50(32-48)61(7,8)9)55-37-46(29-30-62-55)43-25-23-42(24-26-43)41-17-12-10-13-18-41;/h10-30,32-40,65H,1-9H3;/q-1;/i38D;. The largest absolute Gasteiger partial charge is 0.507 e. The van der Waals surface area contributed by atoms with Crippen LogP contribution in [0.25, 0.3) is 83.9 Å². The number of hydrogen-bond acceptors (Lipinski definition) is 3. The van der Waals surface area contributed by atoms with Gasteiger partial charge in [0.25, 0.3) is 0 Å². The first kappa shape index (κ1) is 44.8. The molecule has 2 heterocycles. The van der Waals surface area contributed by atoms with Gasteiger partial charge in [0.15, 0.2) is 0 Å². The molecule has 0 aliphatic carbocycles. The summed E-state index contributed by atoms with van der Waals surface area (Å²) in [5, 5.41) is 12.3. The second-order valence-corrected chi connectivity index (χ2v) is 19.2. The first-order chi connectivity index (χ1) is 31.5. The van der Waals surface area contributed by atoms with Gasteiger partial charge in [-0.3, -0.25) is 9.55 Å². The predicted molar refractivity (Wildman–Crippen MR) is 273 cm³/mol. The van der Waals surface area contributed by atoms with Crippen molar-refractivity contribution in [1.29, 1.82) is 0 Å². The van der Waals surface area contributed by atoms with Crippen LogP contribution in [0.5, 0.6) is 5.75 Å². The van der Waals surface area contributed by atoms with Crippen LogP contribution in [0.2, 0.25) is 0 Å². The number of phenolic OH excluding ortho intramolecular Hbond substituents is 1. The SMILES string of the molecule is [2H]C(C)(C)c1ccc(-n2c(-c3cc(C(C)C)cc(C(C)C)c3O)nc3c(-c4[c-]c(-c5cc(-c6ccc(-c7ccccc7)cc6)ccn5)cc(C(C)(C)C)c4)cccc32)c(-c2ccccc2)c1.[Pt]. The van der Waals surface area contributed by atoms with E-state index in [1.54, 1.807) is 0 Å². The fourth-order valence-corrected chi connectivity index (χ4v) is 8.79. The van der Waals surface area contributed by atoms with Gasteiger partial charge >= 0.3 is 0 Å². The van der Waals surface area contributed by atoms with Gasteiger partial charge in [0.1, 0.15) is 11.6 Å². The molecule has 0 aliphatic heterocycles. The molecule has 4 nitrogen and oxygen atoms in total. The van der Waals surface area contributed by atoms with Crippen molar-refractivity contribution in [2.75, 3.05) is 0 Å². The van der Waals surface area contributed by atoms with Crippen molar-refractivity contribution in [3.05, 3.63) is 192 Å². The monoisotopic (exact) mass is 1040 g/mol. The summed E-state index contributed by atoms with van der Waals surface area (Å²) >= 11 is 0. The van der Waals surface area contributed by atoms with Gasteiger partial charge < -0.3 is 5.11 Å². The third kappa shape index (κ3) is 9.09. The van der Waals surface area contributed by atoms with Crippen molar-refractivity contribution in [1.82, 2.24) is 14.5 Å². The summed E-state index contributed by atoms with van der Waals surface area (Å²) in [5.41, 5.74) is 17.4.